The lowest BCUT2D eigenvalue weighted by Crippen LogP contribution is -2.49. The third-order valence-corrected chi connectivity index (χ3v) is 7.77. The lowest BCUT2D eigenvalue weighted by molar-refractivity contribution is -0.909. The molecule has 0 saturated heterocycles. The number of sulfonamides is 2. The molecule has 0 aromatic carbocycles. The third-order valence-electron chi connectivity index (χ3n) is 4.44. The van der Waals surface area contributed by atoms with Gasteiger partial charge in [-0.25, -0.2) is 21.6 Å². The standard InChI is InChI=1S/C12H24NO3.C4F10NO4S2/c1-6-13(5,7-2)8-11(14)9-16-12(15)10(3)4;5-1(6,7)3(11,12)20(16,17)15-21(18,19)4(13,14)2(8,9)10/h11,14H,3,6-9H2,1-2,4-5H3;/q+1;-1. The van der Waals surface area contributed by atoms with Crippen LogP contribution in [0.5, 0.6) is 0 Å². The van der Waals surface area contributed by atoms with Crippen molar-refractivity contribution in [2.75, 3.05) is 33.3 Å². The van der Waals surface area contributed by atoms with Crippen LogP contribution >= 0.6 is 0 Å². The summed E-state index contributed by atoms with van der Waals surface area (Å²) in [6, 6.07) is 0. The van der Waals surface area contributed by atoms with Gasteiger partial charge in [-0.3, -0.25) is 0 Å². The van der Waals surface area contributed by atoms with E-state index in [2.05, 4.69) is 27.5 Å². The van der Waals surface area contributed by atoms with Gasteiger partial charge in [-0.1, -0.05) is 6.58 Å². The average molecular weight is 610 g/mol. The zero-order valence-electron chi connectivity index (χ0n) is 19.5. The molecule has 0 aromatic rings. The normalized spacial score (nSPS) is 14.9. The van der Waals surface area contributed by atoms with Crippen LogP contribution in [-0.2, 0) is 29.6 Å². The van der Waals surface area contributed by atoms with Crippen molar-refractivity contribution in [2.24, 2.45) is 0 Å². The van der Waals surface area contributed by atoms with E-state index >= 15 is 0 Å². The molecule has 1 N–H and O–H groups in total. The molecule has 0 fully saturated rings. The summed E-state index contributed by atoms with van der Waals surface area (Å²) in [4.78, 5) is 11.1. The van der Waals surface area contributed by atoms with E-state index in [1.165, 1.54) is 0 Å². The largest absolute Gasteiger partial charge is 0.467 e. The summed E-state index contributed by atoms with van der Waals surface area (Å²) in [5.74, 6) is -0.443. The van der Waals surface area contributed by atoms with Crippen molar-refractivity contribution in [3.8, 4) is 0 Å². The van der Waals surface area contributed by atoms with Gasteiger partial charge in [0.15, 0.2) is 20.0 Å². The quantitative estimate of drug-likeness (QED) is 0.165. The van der Waals surface area contributed by atoms with E-state index in [0.717, 1.165) is 17.6 Å². The third kappa shape index (κ3) is 9.84. The maximum atomic E-state index is 12.3. The summed E-state index contributed by atoms with van der Waals surface area (Å²) >= 11 is 0. The SMILES string of the molecule is C=C(C)C(=O)OCC(O)C[N+](C)(CC)CC.O=S(=O)([N-]S(=O)(=O)C(F)(F)C(F)(F)F)C(F)(F)C(F)(F)F. The first kappa shape index (κ1) is 37.4. The summed E-state index contributed by atoms with van der Waals surface area (Å²) in [5.41, 5.74) is 0.357. The Kier molecular flexibility index (Phi) is 12.6. The number of ether oxygens (including phenoxy) is 1. The molecule has 0 heterocycles. The number of aliphatic hydroxyl groups excluding tert-OH is 1. The van der Waals surface area contributed by atoms with E-state index in [4.69, 9.17) is 4.74 Å². The number of esters is 1. The van der Waals surface area contributed by atoms with E-state index in [1.807, 2.05) is 0 Å². The first-order chi connectivity index (χ1) is 16.0. The second kappa shape index (κ2) is 12.4. The molecular formula is C16H24F10N2O7S2. The minimum atomic E-state index is -7.62. The molecule has 0 saturated carbocycles. The molecule has 0 aliphatic carbocycles. The Morgan fingerprint density at radius 3 is 1.46 bits per heavy atom. The molecule has 0 amide bonds. The number of hydrogen-bond acceptors (Lipinski definition) is 7. The Bertz CT molecular complexity index is 952. The van der Waals surface area contributed by atoms with Crippen LogP contribution in [0.2, 0.25) is 0 Å². The molecule has 1 atom stereocenters. The minimum absolute atomic E-state index is 0.0412. The molecule has 0 aliphatic heterocycles. The van der Waals surface area contributed by atoms with Crippen LogP contribution in [0.1, 0.15) is 20.8 Å². The second-order valence-electron chi connectivity index (χ2n) is 7.52. The van der Waals surface area contributed by atoms with Crippen LogP contribution in [-0.4, -0.2) is 94.6 Å². The van der Waals surface area contributed by atoms with Crippen molar-refractivity contribution in [1.29, 1.82) is 0 Å². The van der Waals surface area contributed by atoms with Gasteiger partial charge in [0.2, 0.25) is 0 Å². The van der Waals surface area contributed by atoms with Gasteiger partial charge in [-0.2, -0.15) is 43.9 Å². The van der Waals surface area contributed by atoms with Gasteiger partial charge in [0.25, 0.3) is 0 Å². The Morgan fingerprint density at radius 2 is 1.22 bits per heavy atom. The van der Waals surface area contributed by atoms with Crippen LogP contribution in [0, 0.1) is 0 Å². The minimum Gasteiger partial charge on any atom is -0.459 e. The second-order valence-corrected chi connectivity index (χ2v) is 11.0. The predicted molar refractivity (Wildman–Crippen MR) is 107 cm³/mol. The van der Waals surface area contributed by atoms with E-state index in [-0.39, 0.29) is 6.61 Å². The van der Waals surface area contributed by atoms with Gasteiger partial charge in [0, 0.05) is 5.57 Å². The van der Waals surface area contributed by atoms with E-state index in [0.29, 0.717) is 16.2 Å². The number of likely N-dealkylation sites (N-methyl/N-ethyl adjacent to an activating group) is 1. The number of nitrogens with zero attached hydrogens (tertiary/aromatic N) is 2. The fourth-order valence-corrected chi connectivity index (χ4v) is 4.22. The zero-order valence-corrected chi connectivity index (χ0v) is 21.1. The molecule has 0 radical (unpaired) electrons. The Hall–Kier alpha value is -1.71. The van der Waals surface area contributed by atoms with Crippen LogP contribution < -0.4 is 0 Å². The number of quaternary nitrogens is 1. The number of rotatable bonds is 11. The summed E-state index contributed by atoms with van der Waals surface area (Å²) in [6.45, 7) is 11.8. The fourth-order valence-electron chi connectivity index (χ4n) is 1.85. The Labute approximate surface area is 205 Å². The van der Waals surface area contributed by atoms with Crippen LogP contribution in [0.3, 0.4) is 0 Å². The molecule has 0 bridgehead atoms. The maximum absolute atomic E-state index is 12.3. The fraction of sp³-hybridized carbons (Fsp3) is 0.812. The molecule has 0 aliphatic rings. The van der Waals surface area contributed by atoms with Gasteiger partial charge in [0.1, 0.15) is 19.3 Å². The lowest BCUT2D eigenvalue weighted by Gasteiger charge is -2.33. The molecule has 21 heteroatoms. The molecule has 1 unspecified atom stereocenters. The van der Waals surface area contributed by atoms with E-state index < -0.39 is 55.0 Å². The smallest absolute Gasteiger partial charge is 0.459 e. The van der Waals surface area contributed by atoms with Gasteiger partial charge in [-0.15, -0.1) is 0 Å². The highest BCUT2D eigenvalue weighted by atomic mass is 32.3. The summed E-state index contributed by atoms with van der Waals surface area (Å²) in [7, 11) is -13.2. The Balaban J connectivity index is 0. The van der Waals surface area contributed by atoms with Gasteiger partial charge < -0.3 is 18.5 Å². The van der Waals surface area contributed by atoms with Gasteiger partial charge in [-0.05, 0) is 20.8 Å². The molecule has 222 valence electrons. The van der Waals surface area contributed by atoms with Crippen molar-refractivity contribution in [3.63, 3.8) is 0 Å². The molecule has 9 nitrogen and oxygen atoms in total. The average Bonchev–Trinajstić information content (AvgIpc) is 2.69. The van der Waals surface area contributed by atoms with Crippen molar-refractivity contribution in [3.05, 3.63) is 16.3 Å². The summed E-state index contributed by atoms with van der Waals surface area (Å²) < 4.78 is 167. The first-order valence-electron chi connectivity index (χ1n) is 9.52. The molecule has 0 spiro atoms. The van der Waals surface area contributed by atoms with E-state index in [1.54, 1.807) is 6.92 Å². The molecule has 0 aromatic heterocycles. The predicted octanol–water partition coefficient (Wildman–Crippen LogP) is 3.28. The van der Waals surface area contributed by atoms with Crippen molar-refractivity contribution in [2.45, 2.75) is 49.7 Å². The first-order valence-corrected chi connectivity index (χ1v) is 12.4. The van der Waals surface area contributed by atoms with E-state index in [9.17, 15) is 70.6 Å². The summed E-state index contributed by atoms with van der Waals surface area (Å²) in [6.07, 6.45) is -14.6. The molecule has 37 heavy (non-hydrogen) atoms. The number of hydrogen-bond donors (Lipinski definition) is 1. The van der Waals surface area contributed by atoms with Crippen LogP contribution in [0.4, 0.5) is 43.9 Å². The Morgan fingerprint density at radius 1 is 0.892 bits per heavy atom. The highest BCUT2D eigenvalue weighted by Crippen LogP contribution is 2.47. The van der Waals surface area contributed by atoms with Gasteiger partial charge >= 0.3 is 28.8 Å². The number of alkyl halides is 10. The van der Waals surface area contributed by atoms with Crippen molar-refractivity contribution >= 4 is 26.0 Å². The van der Waals surface area contributed by atoms with Crippen molar-refractivity contribution < 1.29 is 79.9 Å². The number of halogens is 10. The highest BCUT2D eigenvalue weighted by molar-refractivity contribution is 8.13. The van der Waals surface area contributed by atoms with Crippen LogP contribution in [0.25, 0.3) is 4.13 Å². The maximum Gasteiger partial charge on any atom is 0.467 e. The van der Waals surface area contributed by atoms with Crippen molar-refractivity contribution in [1.82, 2.24) is 0 Å². The number of carbonyl (C=O) groups excluding carboxylic acids is 1. The summed E-state index contributed by atoms with van der Waals surface area (Å²) in [5, 5.41) is -4.23. The topological polar surface area (TPSA) is 129 Å². The monoisotopic (exact) mass is 610 g/mol. The highest BCUT2D eigenvalue weighted by Gasteiger charge is 2.68. The van der Waals surface area contributed by atoms with Gasteiger partial charge in [0.05, 0.1) is 20.1 Å². The number of aliphatic hydroxyl groups is 1. The molecule has 0 rings (SSSR count). The number of carbonyl (C=O) groups is 1. The lowest BCUT2D eigenvalue weighted by atomic mass is 10.3. The van der Waals surface area contributed by atoms with Crippen LogP contribution in [0.15, 0.2) is 12.2 Å². The molecular weight excluding hydrogens is 586 g/mol. The zero-order chi connectivity index (χ0) is 30.5.